The number of benzene rings is 2. The minimum absolute atomic E-state index is 0.238. The van der Waals surface area contributed by atoms with Crippen molar-refractivity contribution in [1.82, 2.24) is 14.7 Å². The van der Waals surface area contributed by atoms with Crippen molar-refractivity contribution in [2.75, 3.05) is 6.54 Å². The highest BCUT2D eigenvalue weighted by atomic mass is 32.2. The van der Waals surface area contributed by atoms with Gasteiger partial charge in [0.1, 0.15) is 16.6 Å². The van der Waals surface area contributed by atoms with Crippen molar-refractivity contribution in [3.63, 3.8) is 0 Å². The van der Waals surface area contributed by atoms with Gasteiger partial charge < -0.3 is 5.11 Å². The van der Waals surface area contributed by atoms with E-state index >= 15 is 0 Å². The Balaban J connectivity index is 1.82. The first-order chi connectivity index (χ1) is 14.8. The van der Waals surface area contributed by atoms with Gasteiger partial charge in [0.2, 0.25) is 0 Å². The second-order valence-corrected chi connectivity index (χ2v) is 8.87. The number of nitrogens with zero attached hydrogens (tertiary/aromatic N) is 3. The Morgan fingerprint density at radius 3 is 2.61 bits per heavy atom. The Morgan fingerprint density at radius 1 is 1.19 bits per heavy atom. The Labute approximate surface area is 189 Å². The van der Waals surface area contributed by atoms with Crippen molar-refractivity contribution in [2.24, 2.45) is 0 Å². The van der Waals surface area contributed by atoms with Crippen LogP contribution in [-0.2, 0) is 9.59 Å². The summed E-state index contributed by atoms with van der Waals surface area (Å²) < 4.78 is 2.01. The summed E-state index contributed by atoms with van der Waals surface area (Å²) in [7, 11) is 0. The summed E-state index contributed by atoms with van der Waals surface area (Å²) in [6.07, 6.45) is 3.61. The lowest BCUT2D eigenvalue weighted by Crippen LogP contribution is -2.33. The summed E-state index contributed by atoms with van der Waals surface area (Å²) in [6, 6.07) is 15.9. The highest BCUT2D eigenvalue weighted by Crippen LogP contribution is 2.35. The molecule has 2 heterocycles. The number of hydrogen-bond acceptors (Lipinski definition) is 5. The molecule has 3 aromatic rings. The van der Waals surface area contributed by atoms with Crippen LogP contribution in [0.5, 0.6) is 0 Å². The van der Waals surface area contributed by atoms with Gasteiger partial charge in [-0.1, -0.05) is 65.9 Å². The second-order valence-electron chi connectivity index (χ2n) is 7.19. The van der Waals surface area contributed by atoms with Crippen LogP contribution >= 0.6 is 24.0 Å². The van der Waals surface area contributed by atoms with Gasteiger partial charge >= 0.3 is 5.97 Å². The van der Waals surface area contributed by atoms with Crippen LogP contribution in [0, 0.1) is 13.8 Å². The minimum Gasteiger partial charge on any atom is -0.480 e. The smallest absolute Gasteiger partial charge is 0.323 e. The first-order valence-corrected chi connectivity index (χ1v) is 10.8. The zero-order valence-electron chi connectivity index (χ0n) is 16.9. The molecule has 0 atom stereocenters. The normalized spacial score (nSPS) is 15.2. The van der Waals surface area contributed by atoms with Gasteiger partial charge in [0, 0.05) is 17.3 Å². The number of amides is 1. The number of aryl methyl sites for hydroxylation is 2. The molecule has 1 aromatic heterocycles. The molecule has 31 heavy (non-hydrogen) atoms. The van der Waals surface area contributed by atoms with E-state index in [-0.39, 0.29) is 4.32 Å². The molecule has 8 heteroatoms. The van der Waals surface area contributed by atoms with Crippen LogP contribution in [0.1, 0.15) is 16.7 Å². The van der Waals surface area contributed by atoms with E-state index in [1.54, 1.807) is 10.8 Å². The molecule has 0 saturated carbocycles. The van der Waals surface area contributed by atoms with Crippen molar-refractivity contribution in [2.45, 2.75) is 13.8 Å². The number of carbonyl (C=O) groups is 2. The first-order valence-electron chi connectivity index (χ1n) is 9.53. The molecule has 2 aromatic carbocycles. The predicted octanol–water partition coefficient (Wildman–Crippen LogP) is 4.44. The summed E-state index contributed by atoms with van der Waals surface area (Å²) in [5.41, 5.74) is 5.59. The molecule has 0 bridgehead atoms. The van der Waals surface area contributed by atoms with Crippen molar-refractivity contribution < 1.29 is 14.7 Å². The van der Waals surface area contributed by atoms with Gasteiger partial charge in [0.25, 0.3) is 5.91 Å². The molecule has 0 spiro atoms. The third kappa shape index (κ3) is 4.30. The van der Waals surface area contributed by atoms with Gasteiger partial charge in [-0.2, -0.15) is 5.10 Å². The third-order valence-electron chi connectivity index (χ3n) is 4.85. The van der Waals surface area contributed by atoms with Crippen molar-refractivity contribution in [3.05, 3.63) is 76.3 Å². The Kier molecular flexibility index (Phi) is 5.75. The number of aliphatic carboxylic acids is 1. The van der Waals surface area contributed by atoms with Gasteiger partial charge in [-0.25, -0.2) is 4.68 Å². The lowest BCUT2D eigenvalue weighted by Gasteiger charge is -2.10. The maximum absolute atomic E-state index is 12.8. The lowest BCUT2D eigenvalue weighted by atomic mass is 10.0. The van der Waals surface area contributed by atoms with Crippen LogP contribution in [-0.4, -0.2) is 42.5 Å². The molecule has 0 unspecified atom stereocenters. The summed E-state index contributed by atoms with van der Waals surface area (Å²) in [5.74, 6) is -1.51. The monoisotopic (exact) mass is 449 g/mol. The molecular weight excluding hydrogens is 430 g/mol. The van der Waals surface area contributed by atoms with E-state index in [9.17, 15) is 9.59 Å². The fraction of sp³-hybridized carbons (Fsp3) is 0.130. The van der Waals surface area contributed by atoms with E-state index in [0.717, 1.165) is 50.3 Å². The second kappa shape index (κ2) is 8.49. The number of carboxylic acids is 1. The SMILES string of the molecule is Cc1ccc(-c2nn(-c3ccccc3)cc2/C=C2\SC(=S)N(CC(=O)O)C2=O)c(C)c1. The molecule has 1 fully saturated rings. The average molecular weight is 450 g/mol. The Hall–Kier alpha value is -3.23. The van der Waals surface area contributed by atoms with Crippen LogP contribution in [0.4, 0.5) is 0 Å². The van der Waals surface area contributed by atoms with Gasteiger partial charge in [-0.15, -0.1) is 0 Å². The van der Waals surface area contributed by atoms with Gasteiger partial charge in [-0.05, 0) is 37.6 Å². The molecular formula is C23H19N3O3S2. The summed E-state index contributed by atoms with van der Waals surface area (Å²) in [4.78, 5) is 25.3. The fourth-order valence-electron chi connectivity index (χ4n) is 3.41. The van der Waals surface area contributed by atoms with Crippen LogP contribution in [0.25, 0.3) is 23.0 Å². The van der Waals surface area contributed by atoms with Crippen molar-refractivity contribution >= 4 is 46.3 Å². The molecule has 0 radical (unpaired) electrons. The number of carbonyl (C=O) groups excluding carboxylic acids is 1. The van der Waals surface area contributed by atoms with E-state index < -0.39 is 18.4 Å². The van der Waals surface area contributed by atoms with Gasteiger partial charge in [-0.3, -0.25) is 14.5 Å². The zero-order chi connectivity index (χ0) is 22.1. The molecule has 1 aliphatic rings. The number of rotatable bonds is 5. The van der Waals surface area contributed by atoms with Crippen LogP contribution in [0.15, 0.2) is 59.6 Å². The molecule has 1 N–H and O–H groups in total. The van der Waals surface area contributed by atoms with E-state index in [2.05, 4.69) is 6.07 Å². The highest BCUT2D eigenvalue weighted by Gasteiger charge is 2.33. The van der Waals surface area contributed by atoms with E-state index in [4.69, 9.17) is 22.4 Å². The maximum atomic E-state index is 12.8. The number of thioether (sulfide) groups is 1. The Bertz CT molecular complexity index is 1230. The molecule has 1 saturated heterocycles. The average Bonchev–Trinajstić information content (AvgIpc) is 3.25. The van der Waals surface area contributed by atoms with E-state index in [1.165, 1.54) is 0 Å². The molecule has 156 valence electrons. The molecule has 1 amide bonds. The highest BCUT2D eigenvalue weighted by molar-refractivity contribution is 8.26. The summed E-state index contributed by atoms with van der Waals surface area (Å²) in [5, 5.41) is 13.9. The summed E-state index contributed by atoms with van der Waals surface area (Å²) in [6.45, 7) is 3.61. The van der Waals surface area contributed by atoms with Crippen molar-refractivity contribution in [1.29, 1.82) is 0 Å². The number of thiocarbonyl (C=S) groups is 1. The third-order valence-corrected chi connectivity index (χ3v) is 6.23. The fourth-order valence-corrected chi connectivity index (χ4v) is 4.65. The molecule has 1 aliphatic heterocycles. The number of carboxylic acid groups (broad SMARTS) is 1. The van der Waals surface area contributed by atoms with Crippen LogP contribution < -0.4 is 0 Å². The maximum Gasteiger partial charge on any atom is 0.323 e. The molecule has 6 nitrogen and oxygen atoms in total. The van der Waals surface area contributed by atoms with Gasteiger partial charge in [0.15, 0.2) is 0 Å². The first kappa shape index (κ1) is 21.0. The van der Waals surface area contributed by atoms with E-state index in [1.807, 2.05) is 62.5 Å². The van der Waals surface area contributed by atoms with Crippen LogP contribution in [0.3, 0.4) is 0 Å². The van der Waals surface area contributed by atoms with Gasteiger partial charge in [0.05, 0.1) is 10.6 Å². The topological polar surface area (TPSA) is 75.4 Å². The number of para-hydroxylation sites is 1. The zero-order valence-corrected chi connectivity index (χ0v) is 18.5. The standard InChI is InChI=1S/C23H19N3O3S2/c1-14-8-9-18(15(2)10-14)21-16(12-26(24-21)17-6-4-3-5-7-17)11-19-22(29)25(13-20(27)28)23(30)31-19/h3-12H,13H2,1-2H3,(H,27,28)/b19-11-. The predicted molar refractivity (Wildman–Crippen MR) is 126 cm³/mol. The molecule has 0 aliphatic carbocycles. The van der Waals surface area contributed by atoms with Crippen molar-refractivity contribution in [3.8, 4) is 16.9 Å². The molecule has 4 rings (SSSR count). The van der Waals surface area contributed by atoms with E-state index in [0.29, 0.717) is 4.91 Å². The quantitative estimate of drug-likeness (QED) is 0.458. The largest absolute Gasteiger partial charge is 0.480 e. The Morgan fingerprint density at radius 2 is 1.94 bits per heavy atom. The summed E-state index contributed by atoms with van der Waals surface area (Å²) >= 11 is 6.32. The number of aromatic nitrogens is 2. The lowest BCUT2D eigenvalue weighted by molar-refractivity contribution is -0.140. The number of hydrogen-bond donors (Lipinski definition) is 1. The van der Waals surface area contributed by atoms with Crippen LogP contribution in [0.2, 0.25) is 0 Å². The minimum atomic E-state index is -1.11.